The van der Waals surface area contributed by atoms with E-state index in [1.54, 1.807) is 0 Å². The molecule has 2 N–H and O–H groups in total. The second kappa shape index (κ2) is 5.81. The van der Waals surface area contributed by atoms with Gasteiger partial charge in [0.1, 0.15) is 0 Å². The molecule has 1 aromatic carbocycles. The van der Waals surface area contributed by atoms with Crippen molar-refractivity contribution in [2.24, 2.45) is 5.10 Å². The highest BCUT2D eigenvalue weighted by atomic mass is 16.6. The van der Waals surface area contributed by atoms with Crippen molar-refractivity contribution in [1.29, 1.82) is 0 Å². The van der Waals surface area contributed by atoms with Gasteiger partial charge in [0.25, 0.3) is 11.6 Å². The molecule has 0 saturated carbocycles. The highest BCUT2D eigenvalue weighted by Gasteiger charge is 2.18. The van der Waals surface area contributed by atoms with Crippen LogP contribution < -0.4 is 15.2 Å². The van der Waals surface area contributed by atoms with E-state index in [-0.39, 0.29) is 22.9 Å². The van der Waals surface area contributed by atoms with Crippen molar-refractivity contribution in [1.82, 2.24) is 20.3 Å². The Labute approximate surface area is 118 Å². The lowest BCUT2D eigenvalue weighted by Crippen LogP contribution is -2.02. The molecule has 1 heterocycles. The molecule has 11 heteroatoms. The highest BCUT2D eigenvalue weighted by Crippen LogP contribution is 2.33. The molecule has 2 rings (SSSR count). The number of tetrazole rings is 1. The van der Waals surface area contributed by atoms with Gasteiger partial charge in [0.05, 0.1) is 37.0 Å². The monoisotopic (exact) mass is 293 g/mol. The molecule has 0 bridgehead atoms. The third-order valence-corrected chi connectivity index (χ3v) is 2.51. The van der Waals surface area contributed by atoms with Crippen LogP contribution in [0.2, 0.25) is 0 Å². The first-order valence-corrected chi connectivity index (χ1v) is 5.55. The smallest absolute Gasteiger partial charge is 0.282 e. The minimum Gasteiger partial charge on any atom is -0.493 e. The molecule has 0 amide bonds. The maximum Gasteiger partial charge on any atom is 0.282 e. The fourth-order valence-corrected chi connectivity index (χ4v) is 1.53. The molecule has 110 valence electrons. The lowest BCUT2D eigenvalue weighted by Gasteiger charge is -2.08. The number of hydrogen-bond acceptors (Lipinski definition) is 9. The zero-order valence-electron chi connectivity index (χ0n) is 11.1. The summed E-state index contributed by atoms with van der Waals surface area (Å²) in [6, 6.07) is 2.66. The molecular weight excluding hydrogens is 282 g/mol. The van der Waals surface area contributed by atoms with E-state index in [9.17, 15) is 10.1 Å². The molecule has 11 nitrogen and oxygen atoms in total. The van der Waals surface area contributed by atoms with Gasteiger partial charge < -0.3 is 15.2 Å². The average Bonchev–Trinajstić information content (AvgIpc) is 2.89. The van der Waals surface area contributed by atoms with Crippen LogP contribution in [-0.2, 0) is 0 Å². The first kappa shape index (κ1) is 14.2. The van der Waals surface area contributed by atoms with Gasteiger partial charge in [-0.25, -0.2) is 0 Å². The molecule has 0 aliphatic carbocycles. The van der Waals surface area contributed by atoms with Crippen molar-refractivity contribution < 1.29 is 14.4 Å². The number of anilines is 1. The molecule has 0 fully saturated rings. The Morgan fingerprint density at radius 3 is 2.57 bits per heavy atom. The topological polar surface area (TPSA) is 144 Å². The maximum atomic E-state index is 11.1. The molecule has 0 aliphatic heterocycles. The molecular formula is C10H11N7O4. The Balaban J connectivity index is 2.48. The van der Waals surface area contributed by atoms with Crippen LogP contribution in [0.1, 0.15) is 5.56 Å². The number of nitrogen functional groups attached to an aromatic ring is 1. The fourth-order valence-electron chi connectivity index (χ4n) is 1.53. The molecule has 0 unspecified atom stereocenters. The average molecular weight is 293 g/mol. The van der Waals surface area contributed by atoms with Gasteiger partial charge >= 0.3 is 0 Å². The van der Waals surface area contributed by atoms with Gasteiger partial charge in [-0.2, -0.15) is 5.10 Å². The third kappa shape index (κ3) is 2.86. The summed E-state index contributed by atoms with van der Waals surface area (Å²) in [7, 11) is 2.81. The number of ether oxygens (including phenoxy) is 2. The summed E-state index contributed by atoms with van der Waals surface area (Å²) >= 11 is 0. The van der Waals surface area contributed by atoms with Crippen LogP contribution >= 0.6 is 0 Å². The van der Waals surface area contributed by atoms with Gasteiger partial charge in [-0.3, -0.25) is 10.1 Å². The third-order valence-electron chi connectivity index (χ3n) is 2.51. The number of benzene rings is 1. The zero-order chi connectivity index (χ0) is 15.4. The van der Waals surface area contributed by atoms with E-state index in [0.29, 0.717) is 5.75 Å². The summed E-state index contributed by atoms with van der Waals surface area (Å²) in [5, 5.41) is 25.2. The summed E-state index contributed by atoms with van der Waals surface area (Å²) in [5.41, 5.74) is 5.42. The minimum absolute atomic E-state index is 0.0469. The molecule has 0 radical (unpaired) electrons. The Bertz CT molecular complexity index is 697. The van der Waals surface area contributed by atoms with E-state index < -0.39 is 4.92 Å². The molecule has 0 spiro atoms. The van der Waals surface area contributed by atoms with Crippen LogP contribution in [0.3, 0.4) is 0 Å². The van der Waals surface area contributed by atoms with Gasteiger partial charge in [0.15, 0.2) is 11.5 Å². The number of methoxy groups -OCH3 is 2. The quantitative estimate of drug-likeness (QED) is 0.463. The zero-order valence-corrected chi connectivity index (χ0v) is 11.1. The number of rotatable bonds is 5. The highest BCUT2D eigenvalue weighted by molar-refractivity contribution is 5.87. The van der Waals surface area contributed by atoms with Gasteiger partial charge in [0.2, 0.25) is 0 Å². The number of nitro benzene ring substituents is 1. The lowest BCUT2D eigenvalue weighted by atomic mass is 10.1. The van der Waals surface area contributed by atoms with Crippen LogP contribution in [-0.4, -0.2) is 45.7 Å². The summed E-state index contributed by atoms with van der Waals surface area (Å²) < 4.78 is 10.1. The number of nitro groups is 1. The van der Waals surface area contributed by atoms with E-state index >= 15 is 0 Å². The Hall–Kier alpha value is -3.24. The predicted molar refractivity (Wildman–Crippen MR) is 71.4 cm³/mol. The van der Waals surface area contributed by atoms with Crippen LogP contribution in [0.15, 0.2) is 17.2 Å². The Morgan fingerprint density at radius 1 is 1.38 bits per heavy atom. The number of aromatic nitrogens is 4. The minimum atomic E-state index is -0.563. The van der Waals surface area contributed by atoms with E-state index in [2.05, 4.69) is 20.6 Å². The SMILES string of the molecule is COc1cc(/C=N/n2nnnc2N)c([N+](=O)[O-])cc1OC. The van der Waals surface area contributed by atoms with Gasteiger partial charge in [0, 0.05) is 0 Å². The van der Waals surface area contributed by atoms with Crippen molar-refractivity contribution in [3.8, 4) is 11.5 Å². The van der Waals surface area contributed by atoms with E-state index in [1.807, 2.05) is 0 Å². The van der Waals surface area contributed by atoms with Gasteiger partial charge in [-0.15, -0.1) is 0 Å². The maximum absolute atomic E-state index is 11.1. The fraction of sp³-hybridized carbons (Fsp3) is 0.200. The molecule has 1 aromatic heterocycles. The molecule has 2 aromatic rings. The second-order valence-corrected chi connectivity index (χ2v) is 3.69. The number of nitrogens with zero attached hydrogens (tertiary/aromatic N) is 6. The van der Waals surface area contributed by atoms with Crippen LogP contribution in [0.4, 0.5) is 11.6 Å². The lowest BCUT2D eigenvalue weighted by molar-refractivity contribution is -0.385. The van der Waals surface area contributed by atoms with Gasteiger partial charge in [-0.05, 0) is 16.5 Å². The van der Waals surface area contributed by atoms with Crippen molar-refractivity contribution in [2.45, 2.75) is 0 Å². The van der Waals surface area contributed by atoms with E-state index in [0.717, 1.165) is 4.79 Å². The first-order valence-electron chi connectivity index (χ1n) is 5.55. The Kier molecular flexibility index (Phi) is 3.92. The molecule has 0 aliphatic rings. The Morgan fingerprint density at radius 2 is 2.05 bits per heavy atom. The van der Waals surface area contributed by atoms with Crippen molar-refractivity contribution in [2.75, 3.05) is 20.0 Å². The molecule has 0 atom stereocenters. The second-order valence-electron chi connectivity index (χ2n) is 3.69. The summed E-state index contributed by atoms with van der Waals surface area (Å²) in [6.07, 6.45) is 1.20. The largest absolute Gasteiger partial charge is 0.493 e. The summed E-state index contributed by atoms with van der Waals surface area (Å²) in [5.74, 6) is 0.520. The predicted octanol–water partition coefficient (Wildman–Crippen LogP) is 0.0629. The van der Waals surface area contributed by atoms with Gasteiger partial charge in [-0.1, -0.05) is 9.89 Å². The van der Waals surface area contributed by atoms with Crippen LogP contribution in [0.5, 0.6) is 11.5 Å². The number of nitrogens with two attached hydrogens (primary N) is 1. The molecule has 0 saturated heterocycles. The molecule has 21 heavy (non-hydrogen) atoms. The standard InChI is InChI=1S/C10H11N7O4/c1-20-8-3-6(5-12-16-10(11)13-14-15-16)7(17(18)19)4-9(8)21-2/h3-5H,1-2H3,(H2,11,13,15)/b12-5+. The first-order chi connectivity index (χ1) is 10.1. The van der Waals surface area contributed by atoms with Crippen molar-refractivity contribution in [3.05, 3.63) is 27.8 Å². The van der Waals surface area contributed by atoms with Crippen LogP contribution in [0, 0.1) is 10.1 Å². The van der Waals surface area contributed by atoms with Crippen molar-refractivity contribution in [3.63, 3.8) is 0 Å². The van der Waals surface area contributed by atoms with Crippen molar-refractivity contribution >= 4 is 17.9 Å². The number of hydrogen-bond donors (Lipinski definition) is 1. The van der Waals surface area contributed by atoms with E-state index in [1.165, 1.54) is 32.6 Å². The summed E-state index contributed by atoms with van der Waals surface area (Å²) in [6.45, 7) is 0. The summed E-state index contributed by atoms with van der Waals surface area (Å²) in [4.78, 5) is 11.5. The van der Waals surface area contributed by atoms with E-state index in [4.69, 9.17) is 15.2 Å². The normalized spacial score (nSPS) is 10.8. The van der Waals surface area contributed by atoms with Crippen LogP contribution in [0.25, 0.3) is 0 Å².